The van der Waals surface area contributed by atoms with E-state index in [2.05, 4.69) is 0 Å². The van der Waals surface area contributed by atoms with Crippen molar-refractivity contribution in [2.24, 2.45) is 0 Å². The minimum absolute atomic E-state index is 0.0348. The molecule has 1 heterocycles. The Labute approximate surface area is 159 Å². The molecule has 0 aromatic heterocycles. The van der Waals surface area contributed by atoms with Gasteiger partial charge in [0.25, 0.3) is 0 Å². The van der Waals surface area contributed by atoms with Gasteiger partial charge in [0, 0.05) is 19.6 Å². The second-order valence-electron chi connectivity index (χ2n) is 6.80. The van der Waals surface area contributed by atoms with Gasteiger partial charge < -0.3 is 9.47 Å². The summed E-state index contributed by atoms with van der Waals surface area (Å²) in [7, 11) is 0. The highest BCUT2D eigenvalue weighted by Crippen LogP contribution is 2.58. The van der Waals surface area contributed by atoms with Gasteiger partial charge in [0.15, 0.2) is 0 Å². The van der Waals surface area contributed by atoms with E-state index in [1.807, 2.05) is 0 Å². The summed E-state index contributed by atoms with van der Waals surface area (Å²) in [5, 5.41) is 0. The average molecular weight is 454 g/mol. The quantitative estimate of drug-likeness (QED) is 0.257. The molecule has 0 spiro atoms. The summed E-state index contributed by atoms with van der Waals surface area (Å²) >= 11 is 0. The monoisotopic (exact) mass is 454 g/mol. The Hall–Kier alpha value is -0.850. The van der Waals surface area contributed by atoms with Gasteiger partial charge in [-0.1, -0.05) is 12.8 Å². The van der Waals surface area contributed by atoms with Crippen molar-refractivity contribution in [3.8, 4) is 0 Å². The maximum Gasteiger partial charge on any atom is 0.460 e. The first-order valence-corrected chi connectivity index (χ1v) is 8.85. The molecule has 1 saturated heterocycles. The van der Waals surface area contributed by atoms with E-state index in [0.29, 0.717) is 19.6 Å². The average Bonchev–Trinajstić information content (AvgIpc) is 3.09. The summed E-state index contributed by atoms with van der Waals surface area (Å²) < 4.78 is 152. The zero-order valence-corrected chi connectivity index (χ0v) is 15.1. The van der Waals surface area contributed by atoms with Crippen LogP contribution >= 0.6 is 0 Å². The van der Waals surface area contributed by atoms with Gasteiger partial charge in [0.05, 0.1) is 12.7 Å². The number of rotatable bonds is 12. The molecule has 0 amide bonds. The molecule has 0 bridgehead atoms. The largest absolute Gasteiger partial charge is 0.460 e. The van der Waals surface area contributed by atoms with Gasteiger partial charge in [-0.15, -0.1) is 0 Å². The van der Waals surface area contributed by atoms with Crippen molar-refractivity contribution in [2.75, 3.05) is 19.8 Å². The summed E-state index contributed by atoms with van der Waals surface area (Å²) in [4.78, 5) is 0. The van der Waals surface area contributed by atoms with E-state index < -0.39 is 42.7 Å². The van der Waals surface area contributed by atoms with Crippen LogP contribution in [0, 0.1) is 0 Å². The fraction of sp³-hybridized carbons (Fsp3) is 1.00. The van der Waals surface area contributed by atoms with Crippen LogP contribution in [0.4, 0.5) is 48.3 Å². The number of hydrogen-bond acceptors (Lipinski definition) is 2. The molecule has 1 unspecified atom stereocenters. The van der Waals surface area contributed by atoms with Crippen molar-refractivity contribution >= 4 is 0 Å². The van der Waals surface area contributed by atoms with Crippen LogP contribution in [0.5, 0.6) is 0 Å². The third kappa shape index (κ3) is 5.86. The van der Waals surface area contributed by atoms with E-state index in [1.54, 1.807) is 0 Å². The van der Waals surface area contributed by atoms with Gasteiger partial charge in [0.2, 0.25) is 0 Å². The first-order valence-electron chi connectivity index (χ1n) is 8.85. The lowest BCUT2D eigenvalue weighted by Gasteiger charge is -2.37. The van der Waals surface area contributed by atoms with Gasteiger partial charge in [-0.3, -0.25) is 0 Å². The van der Waals surface area contributed by atoms with Crippen LogP contribution in [0.25, 0.3) is 0 Å². The Balaban J connectivity index is 2.45. The van der Waals surface area contributed by atoms with Gasteiger partial charge in [-0.05, 0) is 25.7 Å². The van der Waals surface area contributed by atoms with E-state index >= 15 is 0 Å². The molecule has 2 nitrogen and oxygen atoms in total. The third-order valence-electron chi connectivity index (χ3n) is 4.46. The lowest BCUT2D eigenvalue weighted by atomic mass is 9.94. The summed E-state index contributed by atoms with van der Waals surface area (Å²) in [6.45, 7) is 1.16. The van der Waals surface area contributed by atoms with Crippen LogP contribution in [0.15, 0.2) is 0 Å². The first kappa shape index (κ1) is 26.2. The summed E-state index contributed by atoms with van der Waals surface area (Å²) in [6.07, 6.45) is -7.81. The smallest absolute Gasteiger partial charge is 0.379 e. The van der Waals surface area contributed by atoms with Crippen LogP contribution in [0.2, 0.25) is 0 Å². The maximum atomic E-state index is 13.4. The highest BCUT2D eigenvalue weighted by Gasteiger charge is 2.86. The number of unbranched alkanes of at least 4 members (excludes halogenated alkanes) is 3. The van der Waals surface area contributed by atoms with Crippen molar-refractivity contribution in [2.45, 2.75) is 80.9 Å². The molecular formula is C16H21F11O2. The summed E-state index contributed by atoms with van der Waals surface area (Å²) in [6, 6.07) is 0. The Morgan fingerprint density at radius 2 is 1.31 bits per heavy atom. The Morgan fingerprint density at radius 1 is 0.724 bits per heavy atom. The predicted molar refractivity (Wildman–Crippen MR) is 78.7 cm³/mol. The van der Waals surface area contributed by atoms with E-state index in [0.717, 1.165) is 12.8 Å². The van der Waals surface area contributed by atoms with E-state index in [4.69, 9.17) is 9.47 Å². The van der Waals surface area contributed by atoms with Crippen LogP contribution in [-0.4, -0.2) is 55.8 Å². The minimum Gasteiger partial charge on any atom is -0.379 e. The summed E-state index contributed by atoms with van der Waals surface area (Å²) in [5.74, 6) is -27.3. The van der Waals surface area contributed by atoms with E-state index in [9.17, 15) is 48.3 Å². The Bertz CT molecular complexity index is 500. The van der Waals surface area contributed by atoms with Crippen LogP contribution < -0.4 is 0 Å². The lowest BCUT2D eigenvalue weighted by Crippen LogP contribution is -2.66. The van der Waals surface area contributed by atoms with Gasteiger partial charge in [0.1, 0.15) is 0 Å². The second kappa shape index (κ2) is 9.52. The zero-order valence-electron chi connectivity index (χ0n) is 15.1. The minimum atomic E-state index is -7.33. The molecule has 1 fully saturated rings. The molecule has 1 rings (SSSR count). The third-order valence-corrected chi connectivity index (χ3v) is 4.46. The Kier molecular flexibility index (Phi) is 8.60. The molecule has 1 atom stereocenters. The number of hydrogen-bond donors (Lipinski definition) is 0. The van der Waals surface area contributed by atoms with Crippen LogP contribution in [0.3, 0.4) is 0 Å². The summed E-state index contributed by atoms with van der Waals surface area (Å²) in [5.41, 5.74) is 0. The molecule has 174 valence electrons. The Morgan fingerprint density at radius 3 is 1.83 bits per heavy atom. The van der Waals surface area contributed by atoms with E-state index in [-0.39, 0.29) is 25.6 Å². The zero-order chi connectivity index (χ0) is 22.6. The molecule has 29 heavy (non-hydrogen) atoms. The van der Waals surface area contributed by atoms with Crippen LogP contribution in [-0.2, 0) is 9.47 Å². The van der Waals surface area contributed by atoms with Crippen molar-refractivity contribution in [1.29, 1.82) is 0 Å². The molecule has 0 aromatic rings. The SMILES string of the molecule is FC(F)(F)C(F)(F)C(F)(F)C(F)(F)C(F)(F)CCCCCCOCC1CCCO1. The fourth-order valence-corrected chi connectivity index (χ4v) is 2.66. The number of halogens is 11. The second-order valence-corrected chi connectivity index (χ2v) is 6.80. The standard InChI is InChI=1S/C16H21F11O2/c17-12(18,13(19,20)14(21,22)15(23,24)16(25,26)27)7-3-1-2-4-8-28-10-11-6-5-9-29-11/h11H,1-10H2. The highest BCUT2D eigenvalue weighted by atomic mass is 19.4. The fourth-order valence-electron chi connectivity index (χ4n) is 2.66. The van der Waals surface area contributed by atoms with Gasteiger partial charge in [-0.2, -0.15) is 48.3 Å². The van der Waals surface area contributed by atoms with Crippen molar-refractivity contribution < 1.29 is 57.8 Å². The first-order chi connectivity index (χ1) is 13.1. The number of ether oxygens (including phenoxy) is 2. The molecular weight excluding hydrogens is 433 g/mol. The van der Waals surface area contributed by atoms with Crippen molar-refractivity contribution in [3.63, 3.8) is 0 Å². The molecule has 0 aromatic carbocycles. The van der Waals surface area contributed by atoms with Gasteiger partial charge in [-0.25, -0.2) is 0 Å². The predicted octanol–water partition coefficient (Wildman–Crippen LogP) is 6.24. The highest BCUT2D eigenvalue weighted by molar-refractivity contribution is 5.06. The number of alkyl halides is 11. The molecule has 0 aliphatic carbocycles. The van der Waals surface area contributed by atoms with Crippen molar-refractivity contribution in [3.05, 3.63) is 0 Å². The topological polar surface area (TPSA) is 18.5 Å². The normalized spacial score (nSPS) is 19.8. The molecule has 0 saturated carbocycles. The maximum absolute atomic E-state index is 13.4. The molecule has 1 aliphatic heterocycles. The van der Waals surface area contributed by atoms with Crippen LogP contribution in [0.1, 0.15) is 44.9 Å². The van der Waals surface area contributed by atoms with Crippen molar-refractivity contribution in [1.82, 2.24) is 0 Å². The van der Waals surface area contributed by atoms with Gasteiger partial charge >= 0.3 is 29.9 Å². The molecule has 1 aliphatic rings. The lowest BCUT2D eigenvalue weighted by molar-refractivity contribution is -0.422. The molecule has 13 heteroatoms. The molecule has 0 radical (unpaired) electrons. The molecule has 0 N–H and O–H groups in total. The van der Waals surface area contributed by atoms with E-state index in [1.165, 1.54) is 0 Å².